The van der Waals surface area contributed by atoms with E-state index >= 15 is 0 Å². The lowest BCUT2D eigenvalue weighted by Crippen LogP contribution is -1.99. The number of hydrogen-bond donors (Lipinski definition) is 1. The Bertz CT molecular complexity index is 591. The van der Waals surface area contributed by atoms with E-state index in [9.17, 15) is 9.50 Å². The molecule has 1 N–H and O–H groups in total. The second-order valence-corrected chi connectivity index (χ2v) is 4.71. The molecule has 2 aromatic carbocycles. The third-order valence-electron chi connectivity index (χ3n) is 2.99. The zero-order valence-electron chi connectivity index (χ0n) is 11.3. The van der Waals surface area contributed by atoms with Gasteiger partial charge < -0.3 is 9.84 Å². The topological polar surface area (TPSA) is 29.5 Å². The molecule has 0 spiro atoms. The van der Waals surface area contributed by atoms with E-state index in [0.717, 1.165) is 11.1 Å². The molecule has 0 radical (unpaired) electrons. The third-order valence-corrected chi connectivity index (χ3v) is 2.99. The van der Waals surface area contributed by atoms with Crippen LogP contribution in [0.2, 0.25) is 0 Å². The Morgan fingerprint density at radius 2 is 1.89 bits per heavy atom. The minimum atomic E-state index is -0.781. The second-order valence-electron chi connectivity index (χ2n) is 4.71. The first kappa shape index (κ1) is 13.6. The summed E-state index contributed by atoms with van der Waals surface area (Å²) in [6, 6.07) is 10.2. The van der Waals surface area contributed by atoms with Gasteiger partial charge >= 0.3 is 0 Å². The van der Waals surface area contributed by atoms with Crippen LogP contribution in [0.1, 0.15) is 29.7 Å². The Balaban J connectivity index is 2.43. The summed E-state index contributed by atoms with van der Waals surface area (Å²) in [6.45, 7) is 5.48. The van der Waals surface area contributed by atoms with Gasteiger partial charge in [0.1, 0.15) is 5.75 Å². The number of aliphatic hydroxyl groups excluding tert-OH is 1. The Hall–Kier alpha value is -1.87. The Labute approximate surface area is 112 Å². The van der Waals surface area contributed by atoms with E-state index in [1.807, 2.05) is 32.0 Å². The van der Waals surface area contributed by atoms with E-state index < -0.39 is 11.9 Å². The molecule has 0 aliphatic heterocycles. The van der Waals surface area contributed by atoms with Crippen LogP contribution in [0.25, 0.3) is 0 Å². The van der Waals surface area contributed by atoms with Gasteiger partial charge in [0, 0.05) is 5.56 Å². The van der Waals surface area contributed by atoms with Crippen molar-refractivity contribution >= 4 is 0 Å². The summed E-state index contributed by atoms with van der Waals surface area (Å²) in [5.41, 5.74) is 2.49. The zero-order chi connectivity index (χ0) is 14.0. The first-order valence-corrected chi connectivity index (χ1v) is 6.20. The average Bonchev–Trinajstić information content (AvgIpc) is 2.34. The van der Waals surface area contributed by atoms with Crippen LogP contribution in [0.4, 0.5) is 4.39 Å². The van der Waals surface area contributed by atoms with Gasteiger partial charge in [0.05, 0.1) is 6.10 Å². The summed E-state index contributed by atoms with van der Waals surface area (Å²) in [4.78, 5) is 0. The monoisotopic (exact) mass is 260 g/mol. The molecule has 3 heteroatoms. The average molecular weight is 260 g/mol. The number of ether oxygens (including phenoxy) is 1. The molecule has 100 valence electrons. The molecular weight excluding hydrogens is 243 g/mol. The summed E-state index contributed by atoms with van der Waals surface area (Å²) in [5.74, 6) is 0.209. The highest BCUT2D eigenvalue weighted by Crippen LogP contribution is 2.33. The van der Waals surface area contributed by atoms with Crippen LogP contribution in [0.3, 0.4) is 0 Å². The highest BCUT2D eigenvalue weighted by atomic mass is 19.1. The van der Waals surface area contributed by atoms with Gasteiger partial charge in [-0.3, -0.25) is 0 Å². The van der Waals surface area contributed by atoms with Gasteiger partial charge in [0.25, 0.3) is 0 Å². The lowest BCUT2D eigenvalue weighted by Gasteiger charge is -2.15. The summed E-state index contributed by atoms with van der Waals surface area (Å²) >= 11 is 0. The van der Waals surface area contributed by atoms with Crippen molar-refractivity contribution < 1.29 is 14.2 Å². The van der Waals surface area contributed by atoms with Crippen molar-refractivity contribution in [2.24, 2.45) is 0 Å². The van der Waals surface area contributed by atoms with Gasteiger partial charge in [-0.25, -0.2) is 4.39 Å². The fraction of sp³-hybridized carbons (Fsp3) is 0.250. The summed E-state index contributed by atoms with van der Waals surface area (Å²) in [6.07, 6.45) is -0.781. The molecule has 19 heavy (non-hydrogen) atoms. The van der Waals surface area contributed by atoms with Gasteiger partial charge in [0.15, 0.2) is 11.6 Å². The molecule has 0 aromatic heterocycles. The lowest BCUT2D eigenvalue weighted by molar-refractivity contribution is 0.194. The van der Waals surface area contributed by atoms with Crippen LogP contribution < -0.4 is 4.74 Å². The first-order valence-electron chi connectivity index (χ1n) is 6.20. The predicted molar refractivity (Wildman–Crippen MR) is 73.0 cm³/mol. The van der Waals surface area contributed by atoms with Crippen LogP contribution in [-0.2, 0) is 0 Å². The molecule has 0 fully saturated rings. The molecule has 2 nitrogen and oxygen atoms in total. The molecule has 2 aromatic rings. The highest BCUT2D eigenvalue weighted by Gasteiger charge is 2.15. The van der Waals surface area contributed by atoms with Gasteiger partial charge in [-0.2, -0.15) is 0 Å². The summed E-state index contributed by atoms with van der Waals surface area (Å²) < 4.78 is 19.5. The van der Waals surface area contributed by atoms with Crippen LogP contribution >= 0.6 is 0 Å². The molecule has 2 rings (SSSR count). The Kier molecular flexibility index (Phi) is 3.86. The van der Waals surface area contributed by atoms with Crippen molar-refractivity contribution in [1.29, 1.82) is 0 Å². The summed E-state index contributed by atoms with van der Waals surface area (Å²) in [5, 5.41) is 9.67. The van der Waals surface area contributed by atoms with Crippen molar-refractivity contribution in [3.63, 3.8) is 0 Å². The second kappa shape index (κ2) is 5.41. The van der Waals surface area contributed by atoms with Crippen LogP contribution in [0.5, 0.6) is 11.5 Å². The molecule has 0 bridgehead atoms. The molecular formula is C16H17FO2. The van der Waals surface area contributed by atoms with Gasteiger partial charge in [-0.1, -0.05) is 29.8 Å². The minimum absolute atomic E-state index is 0.0875. The quantitative estimate of drug-likeness (QED) is 0.892. The SMILES string of the molecule is Cc1ccc(Oc2c(F)cccc2[C@@H](C)O)c(C)c1. The molecule has 0 saturated heterocycles. The van der Waals surface area contributed by atoms with Crippen molar-refractivity contribution in [3.05, 3.63) is 58.9 Å². The molecule has 1 atom stereocenters. The molecule has 0 aliphatic carbocycles. The van der Waals surface area contributed by atoms with E-state index in [-0.39, 0.29) is 5.75 Å². The van der Waals surface area contributed by atoms with Crippen molar-refractivity contribution in [3.8, 4) is 11.5 Å². The fourth-order valence-electron chi connectivity index (χ4n) is 1.99. The lowest BCUT2D eigenvalue weighted by atomic mass is 10.1. The van der Waals surface area contributed by atoms with Crippen molar-refractivity contribution in [1.82, 2.24) is 0 Å². The first-order chi connectivity index (χ1) is 8.99. The fourth-order valence-corrected chi connectivity index (χ4v) is 1.99. The summed E-state index contributed by atoms with van der Waals surface area (Å²) in [7, 11) is 0. The van der Waals surface area contributed by atoms with E-state index in [2.05, 4.69) is 0 Å². The maximum Gasteiger partial charge on any atom is 0.168 e. The third kappa shape index (κ3) is 2.93. The number of aliphatic hydroxyl groups is 1. The molecule has 0 aliphatic rings. The Morgan fingerprint density at radius 1 is 1.16 bits per heavy atom. The van der Waals surface area contributed by atoms with Crippen LogP contribution in [0, 0.1) is 19.7 Å². The highest BCUT2D eigenvalue weighted by molar-refractivity contribution is 5.43. The van der Waals surface area contributed by atoms with E-state index in [1.54, 1.807) is 19.1 Å². The normalized spacial score (nSPS) is 12.3. The zero-order valence-corrected chi connectivity index (χ0v) is 11.3. The van der Waals surface area contributed by atoms with Gasteiger partial charge in [-0.15, -0.1) is 0 Å². The van der Waals surface area contributed by atoms with E-state index in [1.165, 1.54) is 6.07 Å². The smallest absolute Gasteiger partial charge is 0.168 e. The maximum absolute atomic E-state index is 13.9. The van der Waals surface area contributed by atoms with Gasteiger partial charge in [0.2, 0.25) is 0 Å². The largest absolute Gasteiger partial charge is 0.454 e. The van der Waals surface area contributed by atoms with Crippen LogP contribution in [0.15, 0.2) is 36.4 Å². The molecule has 0 unspecified atom stereocenters. The molecule has 0 saturated carbocycles. The standard InChI is InChI=1S/C16H17FO2/c1-10-7-8-15(11(2)9-10)19-16-13(12(3)18)5-4-6-14(16)17/h4-9,12,18H,1-3H3/t12-/m1/s1. The number of aryl methyl sites for hydroxylation is 2. The Morgan fingerprint density at radius 3 is 2.53 bits per heavy atom. The number of rotatable bonds is 3. The minimum Gasteiger partial charge on any atom is -0.454 e. The predicted octanol–water partition coefficient (Wildman–Crippen LogP) is 4.29. The number of para-hydroxylation sites is 1. The van der Waals surface area contributed by atoms with Crippen LogP contribution in [-0.4, -0.2) is 5.11 Å². The van der Waals surface area contributed by atoms with Crippen molar-refractivity contribution in [2.75, 3.05) is 0 Å². The van der Waals surface area contributed by atoms with Gasteiger partial charge in [-0.05, 0) is 38.5 Å². The number of hydrogen-bond acceptors (Lipinski definition) is 2. The molecule has 0 heterocycles. The number of halogens is 1. The molecule has 0 amide bonds. The van der Waals surface area contributed by atoms with E-state index in [4.69, 9.17) is 4.74 Å². The maximum atomic E-state index is 13.9. The number of benzene rings is 2. The van der Waals surface area contributed by atoms with E-state index in [0.29, 0.717) is 11.3 Å². The van der Waals surface area contributed by atoms with Crippen molar-refractivity contribution in [2.45, 2.75) is 26.9 Å².